The zero-order valence-corrected chi connectivity index (χ0v) is 14.8. The second-order valence-electron chi connectivity index (χ2n) is 5.87. The van der Waals surface area contributed by atoms with Crippen LogP contribution in [0.5, 0.6) is 0 Å². The van der Waals surface area contributed by atoms with Crippen LogP contribution in [0.2, 0.25) is 0 Å². The highest BCUT2D eigenvalue weighted by molar-refractivity contribution is 5.69. The largest absolute Gasteiger partial charge is 0.464 e. The molecule has 0 bridgehead atoms. The summed E-state index contributed by atoms with van der Waals surface area (Å²) in [5.41, 5.74) is 0. The van der Waals surface area contributed by atoms with E-state index in [4.69, 9.17) is 9.47 Å². The lowest BCUT2D eigenvalue weighted by Gasteiger charge is -2.07. The molecule has 0 saturated carbocycles. The molecular formula is C19H36O3. The molecule has 0 aliphatic carbocycles. The Bertz CT molecular complexity index is 261. The summed E-state index contributed by atoms with van der Waals surface area (Å²) in [5.74, 6) is 0.409. The van der Waals surface area contributed by atoms with Crippen LogP contribution in [-0.4, -0.2) is 19.7 Å². The second kappa shape index (κ2) is 18.2. The van der Waals surface area contributed by atoms with E-state index in [9.17, 15) is 4.79 Å². The Morgan fingerprint density at radius 2 is 1.41 bits per heavy atom. The summed E-state index contributed by atoms with van der Waals surface area (Å²) in [6.45, 7) is 5.32. The molecule has 3 heteroatoms. The molecule has 0 amide bonds. The first-order chi connectivity index (χ1) is 10.8. The Morgan fingerprint density at radius 1 is 0.818 bits per heavy atom. The van der Waals surface area contributed by atoms with Crippen LogP contribution in [-0.2, 0) is 14.3 Å². The van der Waals surface area contributed by atoms with Crippen LogP contribution in [0.3, 0.4) is 0 Å². The molecule has 0 saturated heterocycles. The average molecular weight is 312 g/mol. The van der Waals surface area contributed by atoms with Gasteiger partial charge in [-0.1, -0.05) is 71.6 Å². The second-order valence-corrected chi connectivity index (χ2v) is 5.87. The third-order valence-electron chi connectivity index (χ3n) is 3.72. The average Bonchev–Trinajstić information content (AvgIpc) is 2.54. The molecule has 0 aliphatic rings. The van der Waals surface area contributed by atoms with E-state index in [1.807, 2.05) is 6.08 Å². The van der Waals surface area contributed by atoms with Crippen molar-refractivity contribution in [3.05, 3.63) is 11.8 Å². The molecule has 0 spiro atoms. The van der Waals surface area contributed by atoms with Crippen LogP contribution >= 0.6 is 0 Å². The summed E-state index contributed by atoms with van der Waals surface area (Å²) in [5, 5.41) is 0. The number of rotatable bonds is 17. The molecule has 0 heterocycles. The molecule has 0 aromatic heterocycles. The molecule has 22 heavy (non-hydrogen) atoms. The molecular weight excluding hydrogens is 276 g/mol. The zero-order chi connectivity index (χ0) is 16.3. The zero-order valence-electron chi connectivity index (χ0n) is 14.8. The summed E-state index contributed by atoms with van der Waals surface area (Å²) < 4.78 is 10.7. The van der Waals surface area contributed by atoms with Gasteiger partial charge in [-0.3, -0.25) is 4.79 Å². The molecule has 0 N–H and O–H groups in total. The van der Waals surface area contributed by atoms with Gasteiger partial charge in [-0.05, 0) is 25.3 Å². The van der Waals surface area contributed by atoms with Gasteiger partial charge < -0.3 is 9.47 Å². The van der Waals surface area contributed by atoms with E-state index < -0.39 is 0 Å². The first-order valence-electron chi connectivity index (χ1n) is 9.21. The van der Waals surface area contributed by atoms with E-state index in [0.717, 1.165) is 32.2 Å². The molecule has 3 nitrogen and oxygen atoms in total. The van der Waals surface area contributed by atoms with E-state index >= 15 is 0 Å². The lowest BCUT2D eigenvalue weighted by atomic mass is 10.1. The van der Waals surface area contributed by atoms with Crippen molar-refractivity contribution in [2.45, 2.75) is 90.9 Å². The van der Waals surface area contributed by atoms with Crippen LogP contribution in [0.25, 0.3) is 0 Å². The SMILES string of the molecule is CCCCCC=C(C=O)OCOCCCCCCCCCC. The number of ether oxygens (including phenoxy) is 2. The summed E-state index contributed by atoms with van der Waals surface area (Å²) in [6, 6.07) is 0. The summed E-state index contributed by atoms with van der Waals surface area (Å²) >= 11 is 0. The molecule has 0 aromatic carbocycles. The number of carbonyl (C=O) groups excluding carboxylic acids is 1. The maximum absolute atomic E-state index is 10.8. The third-order valence-corrected chi connectivity index (χ3v) is 3.72. The fourth-order valence-electron chi connectivity index (χ4n) is 2.29. The normalized spacial score (nSPS) is 11.6. The highest BCUT2D eigenvalue weighted by Crippen LogP contribution is 2.08. The number of carbonyl (C=O) groups is 1. The molecule has 130 valence electrons. The summed E-state index contributed by atoms with van der Waals surface area (Å²) in [6.07, 6.45) is 17.4. The fraction of sp³-hybridized carbons (Fsp3) is 0.842. The Kier molecular flexibility index (Phi) is 17.5. The van der Waals surface area contributed by atoms with Crippen LogP contribution in [0, 0.1) is 0 Å². The molecule has 0 fully saturated rings. The quantitative estimate of drug-likeness (QED) is 0.112. The van der Waals surface area contributed by atoms with Crippen LogP contribution < -0.4 is 0 Å². The predicted molar refractivity (Wildman–Crippen MR) is 92.8 cm³/mol. The Morgan fingerprint density at radius 3 is 2.05 bits per heavy atom. The van der Waals surface area contributed by atoms with Gasteiger partial charge in [0, 0.05) is 0 Å². The molecule has 0 atom stereocenters. The van der Waals surface area contributed by atoms with Gasteiger partial charge in [-0.25, -0.2) is 0 Å². The standard InChI is InChI=1S/C19H36O3/c1-3-5-7-9-10-11-12-14-16-21-18-22-19(17-20)15-13-8-6-4-2/h15,17H,3-14,16,18H2,1-2H3. The van der Waals surface area contributed by atoms with Gasteiger partial charge in [0.05, 0.1) is 6.61 Å². The van der Waals surface area contributed by atoms with Gasteiger partial charge in [0.25, 0.3) is 0 Å². The van der Waals surface area contributed by atoms with Gasteiger partial charge in [0.1, 0.15) is 0 Å². The topological polar surface area (TPSA) is 35.5 Å². The smallest absolute Gasteiger partial charge is 0.189 e. The van der Waals surface area contributed by atoms with E-state index in [1.165, 1.54) is 57.8 Å². The lowest BCUT2D eigenvalue weighted by molar-refractivity contribution is -0.111. The maximum Gasteiger partial charge on any atom is 0.189 e. The van der Waals surface area contributed by atoms with Crippen LogP contribution in [0.15, 0.2) is 11.8 Å². The highest BCUT2D eigenvalue weighted by atomic mass is 16.7. The van der Waals surface area contributed by atoms with E-state index in [0.29, 0.717) is 5.76 Å². The minimum atomic E-state index is 0.189. The van der Waals surface area contributed by atoms with E-state index in [2.05, 4.69) is 13.8 Å². The van der Waals surface area contributed by atoms with Gasteiger partial charge in [-0.2, -0.15) is 0 Å². The maximum atomic E-state index is 10.8. The van der Waals surface area contributed by atoms with Crippen molar-refractivity contribution in [2.75, 3.05) is 13.4 Å². The molecule has 0 aliphatic heterocycles. The van der Waals surface area contributed by atoms with Crippen molar-refractivity contribution in [3.8, 4) is 0 Å². The fourth-order valence-corrected chi connectivity index (χ4v) is 2.29. The third kappa shape index (κ3) is 15.6. The number of allylic oxidation sites excluding steroid dienone is 2. The van der Waals surface area contributed by atoms with Gasteiger partial charge in [-0.15, -0.1) is 0 Å². The van der Waals surface area contributed by atoms with Gasteiger partial charge >= 0.3 is 0 Å². The van der Waals surface area contributed by atoms with Crippen molar-refractivity contribution >= 4 is 6.29 Å². The Hall–Kier alpha value is -0.830. The number of unbranched alkanes of at least 4 members (excludes halogenated alkanes) is 10. The molecule has 0 aromatic rings. The van der Waals surface area contributed by atoms with E-state index in [1.54, 1.807) is 0 Å². The minimum Gasteiger partial charge on any atom is -0.464 e. The van der Waals surface area contributed by atoms with Crippen LogP contribution in [0.1, 0.15) is 90.9 Å². The van der Waals surface area contributed by atoms with Crippen molar-refractivity contribution in [2.24, 2.45) is 0 Å². The Balaban J connectivity index is 3.34. The molecule has 0 unspecified atom stereocenters. The first-order valence-corrected chi connectivity index (χ1v) is 9.21. The summed E-state index contributed by atoms with van der Waals surface area (Å²) in [7, 11) is 0. The summed E-state index contributed by atoms with van der Waals surface area (Å²) in [4.78, 5) is 10.8. The van der Waals surface area contributed by atoms with Crippen LogP contribution in [0.4, 0.5) is 0 Å². The van der Waals surface area contributed by atoms with E-state index in [-0.39, 0.29) is 6.79 Å². The van der Waals surface area contributed by atoms with Gasteiger partial charge in [0.2, 0.25) is 0 Å². The van der Waals surface area contributed by atoms with Crippen molar-refractivity contribution in [3.63, 3.8) is 0 Å². The molecule has 0 rings (SSSR count). The lowest BCUT2D eigenvalue weighted by Crippen LogP contribution is -2.02. The minimum absolute atomic E-state index is 0.189. The van der Waals surface area contributed by atoms with Crippen molar-refractivity contribution < 1.29 is 14.3 Å². The highest BCUT2D eigenvalue weighted by Gasteiger charge is 1.97. The van der Waals surface area contributed by atoms with Gasteiger partial charge in [0.15, 0.2) is 18.8 Å². The first kappa shape index (κ1) is 21.2. The Labute approximate surface area is 137 Å². The number of hydrogen-bond acceptors (Lipinski definition) is 3. The monoisotopic (exact) mass is 312 g/mol. The van der Waals surface area contributed by atoms with Crippen molar-refractivity contribution in [1.29, 1.82) is 0 Å². The predicted octanol–water partition coefficient (Wildman–Crippen LogP) is 5.78. The molecule has 0 radical (unpaired) electrons. The number of hydrogen-bond donors (Lipinski definition) is 0. The van der Waals surface area contributed by atoms with Crippen molar-refractivity contribution in [1.82, 2.24) is 0 Å². The number of aldehydes is 1.